The van der Waals surface area contributed by atoms with Gasteiger partial charge in [0.2, 0.25) is 0 Å². The lowest BCUT2D eigenvalue weighted by atomic mass is 10.1. The fraction of sp³-hybridized carbons (Fsp3) is 0.355. The molecule has 9 heteroatoms. The monoisotopic (exact) mass is 584 g/mol. The Kier molecular flexibility index (Phi) is 12.3. The summed E-state index contributed by atoms with van der Waals surface area (Å²) in [6.45, 7) is 5.42. The summed E-state index contributed by atoms with van der Waals surface area (Å²) in [4.78, 5) is 34.1. The Morgan fingerprint density at radius 3 is 2.10 bits per heavy atom. The molecule has 1 heterocycles. The molecule has 4 rings (SSSR count). The molecule has 7 nitrogen and oxygen atoms in total. The largest absolute Gasteiger partial charge is 0.444 e. The second-order valence-corrected chi connectivity index (χ2v) is 10.5. The van der Waals surface area contributed by atoms with E-state index in [2.05, 4.69) is 17.0 Å². The van der Waals surface area contributed by atoms with Crippen LogP contribution in [0.15, 0.2) is 78.9 Å². The van der Waals surface area contributed by atoms with Crippen molar-refractivity contribution < 1.29 is 14.3 Å². The highest BCUT2D eigenvalue weighted by Gasteiger charge is 2.23. The number of anilines is 1. The van der Waals surface area contributed by atoms with Crippen molar-refractivity contribution in [2.24, 2.45) is 0 Å². The third-order valence-corrected chi connectivity index (χ3v) is 7.16. The molecular weight excluding hydrogens is 547 g/mol. The summed E-state index contributed by atoms with van der Waals surface area (Å²) in [6, 6.07) is 24.9. The first kappa shape index (κ1) is 31.4. The Labute approximate surface area is 248 Å². The summed E-state index contributed by atoms with van der Waals surface area (Å²) < 4.78 is 5.60. The van der Waals surface area contributed by atoms with Crippen LogP contribution in [0.3, 0.4) is 0 Å². The summed E-state index contributed by atoms with van der Waals surface area (Å²) >= 11 is 5.98. The number of nitrogens with zero attached hydrogens (tertiary/aromatic N) is 4. The number of piperazine rings is 1. The van der Waals surface area contributed by atoms with Crippen molar-refractivity contribution in [1.82, 2.24) is 14.7 Å². The fourth-order valence-electron chi connectivity index (χ4n) is 4.50. The quantitative estimate of drug-likeness (QED) is 0.316. The smallest absolute Gasteiger partial charge is 0.414 e. The van der Waals surface area contributed by atoms with E-state index in [9.17, 15) is 9.59 Å². The van der Waals surface area contributed by atoms with Crippen molar-refractivity contribution in [1.29, 1.82) is 0 Å². The lowest BCUT2D eigenvalue weighted by Gasteiger charge is -2.35. The van der Waals surface area contributed by atoms with Gasteiger partial charge in [-0.2, -0.15) is 0 Å². The normalized spacial score (nSPS) is 13.6. The molecule has 1 aliphatic rings. The minimum absolute atomic E-state index is 0. The molecule has 1 fully saturated rings. The zero-order valence-electron chi connectivity index (χ0n) is 23.2. The van der Waals surface area contributed by atoms with Crippen LogP contribution in [0, 0.1) is 0 Å². The molecule has 0 spiro atoms. The molecular formula is C31H38Cl2N4O3. The first-order valence-corrected chi connectivity index (χ1v) is 13.8. The van der Waals surface area contributed by atoms with Gasteiger partial charge in [0.25, 0.3) is 5.91 Å². The van der Waals surface area contributed by atoms with Gasteiger partial charge in [-0.15, -0.1) is 12.4 Å². The number of benzene rings is 3. The average molecular weight is 586 g/mol. The Bertz CT molecular complexity index is 1200. The fourth-order valence-corrected chi connectivity index (χ4v) is 4.63. The maximum absolute atomic E-state index is 13.2. The van der Waals surface area contributed by atoms with Crippen LogP contribution < -0.4 is 4.90 Å². The van der Waals surface area contributed by atoms with Crippen LogP contribution >= 0.6 is 24.0 Å². The number of carbonyl (C=O) groups is 2. The molecule has 1 saturated heterocycles. The molecule has 2 amide bonds. The first-order valence-electron chi connectivity index (χ1n) is 13.4. The van der Waals surface area contributed by atoms with Gasteiger partial charge < -0.3 is 14.5 Å². The number of amides is 2. The highest BCUT2D eigenvalue weighted by atomic mass is 35.5. The lowest BCUT2D eigenvalue weighted by molar-refractivity contribution is 0.0638. The molecule has 1 aliphatic heterocycles. The molecule has 3 aromatic rings. The molecule has 0 atom stereocenters. The minimum Gasteiger partial charge on any atom is -0.444 e. The summed E-state index contributed by atoms with van der Waals surface area (Å²) in [7, 11) is 3.93. The van der Waals surface area contributed by atoms with E-state index in [1.807, 2.05) is 78.5 Å². The van der Waals surface area contributed by atoms with E-state index in [4.69, 9.17) is 16.3 Å². The third kappa shape index (κ3) is 9.24. The van der Waals surface area contributed by atoms with Gasteiger partial charge in [-0.05, 0) is 68.0 Å². The Balaban J connectivity index is 0.00000441. The minimum atomic E-state index is -0.408. The topological polar surface area (TPSA) is 56.3 Å². The van der Waals surface area contributed by atoms with Crippen LogP contribution in [0.4, 0.5) is 10.5 Å². The number of likely N-dealkylation sites (N-methyl/N-ethyl adjacent to an activating group) is 1. The van der Waals surface area contributed by atoms with Crippen LogP contribution in [0.25, 0.3) is 0 Å². The van der Waals surface area contributed by atoms with Crippen LogP contribution in [0.5, 0.6) is 0 Å². The molecule has 0 unspecified atom stereocenters. The van der Waals surface area contributed by atoms with E-state index in [1.54, 1.807) is 17.0 Å². The van der Waals surface area contributed by atoms with Crippen molar-refractivity contribution in [2.75, 3.05) is 64.8 Å². The van der Waals surface area contributed by atoms with E-state index in [1.165, 1.54) is 5.56 Å². The number of hydrogen-bond donors (Lipinski definition) is 0. The highest BCUT2D eigenvalue weighted by Crippen LogP contribution is 2.19. The summed E-state index contributed by atoms with van der Waals surface area (Å²) in [6.07, 6.45) is 0.555. The molecule has 0 aromatic heterocycles. The predicted octanol–water partition coefficient (Wildman–Crippen LogP) is 5.47. The molecule has 0 bridgehead atoms. The lowest BCUT2D eigenvalue weighted by Crippen LogP contribution is -2.49. The van der Waals surface area contributed by atoms with E-state index >= 15 is 0 Å². The number of rotatable bonds is 10. The zero-order chi connectivity index (χ0) is 27.6. The summed E-state index contributed by atoms with van der Waals surface area (Å²) in [5.74, 6) is 0.0189. The van der Waals surface area contributed by atoms with Crippen molar-refractivity contribution in [2.45, 2.75) is 13.0 Å². The van der Waals surface area contributed by atoms with Gasteiger partial charge in [0.1, 0.15) is 6.61 Å². The summed E-state index contributed by atoms with van der Waals surface area (Å²) in [5, 5.41) is 0.753. The maximum atomic E-state index is 13.2. The van der Waals surface area contributed by atoms with E-state index in [0.29, 0.717) is 37.4 Å². The SMILES string of the molecule is CN(C)CCN(C(=O)OCc1ccccc1)c1ccc(C(=O)N2CCN(CCc3ccc(Cl)cc3)CC2)cc1.Cl. The molecule has 0 aliphatic carbocycles. The molecule has 214 valence electrons. The van der Waals surface area contributed by atoms with E-state index < -0.39 is 6.09 Å². The summed E-state index contributed by atoms with van der Waals surface area (Å²) in [5.41, 5.74) is 3.53. The second kappa shape index (κ2) is 15.6. The number of carbonyl (C=O) groups excluding carboxylic acids is 2. The van der Waals surface area contributed by atoms with Gasteiger partial charge in [0.15, 0.2) is 0 Å². The molecule has 0 N–H and O–H groups in total. The van der Waals surface area contributed by atoms with Gasteiger partial charge >= 0.3 is 6.09 Å². The number of hydrogen-bond acceptors (Lipinski definition) is 5. The van der Waals surface area contributed by atoms with Crippen molar-refractivity contribution in [3.8, 4) is 0 Å². The van der Waals surface area contributed by atoms with Gasteiger partial charge in [-0.1, -0.05) is 54.1 Å². The predicted molar refractivity (Wildman–Crippen MR) is 164 cm³/mol. The molecule has 40 heavy (non-hydrogen) atoms. The number of ether oxygens (including phenoxy) is 1. The van der Waals surface area contributed by atoms with Crippen LogP contribution in [0.1, 0.15) is 21.5 Å². The van der Waals surface area contributed by atoms with E-state index in [-0.39, 0.29) is 24.9 Å². The van der Waals surface area contributed by atoms with Gasteiger partial charge in [0.05, 0.1) is 0 Å². The van der Waals surface area contributed by atoms with Crippen molar-refractivity contribution in [3.63, 3.8) is 0 Å². The number of halogens is 2. The van der Waals surface area contributed by atoms with Crippen LogP contribution in [-0.2, 0) is 17.8 Å². The second-order valence-electron chi connectivity index (χ2n) is 10.1. The third-order valence-electron chi connectivity index (χ3n) is 6.91. The van der Waals surface area contributed by atoms with Crippen LogP contribution in [0.2, 0.25) is 5.02 Å². The maximum Gasteiger partial charge on any atom is 0.414 e. The van der Waals surface area contributed by atoms with Gasteiger partial charge in [0, 0.05) is 62.1 Å². The Hall–Kier alpha value is -3.10. The molecule has 3 aromatic carbocycles. The van der Waals surface area contributed by atoms with Gasteiger partial charge in [-0.25, -0.2) is 4.79 Å². The first-order chi connectivity index (χ1) is 18.9. The van der Waals surface area contributed by atoms with Gasteiger partial charge in [-0.3, -0.25) is 14.6 Å². The van der Waals surface area contributed by atoms with Crippen LogP contribution in [-0.4, -0.2) is 86.6 Å². The Morgan fingerprint density at radius 2 is 1.48 bits per heavy atom. The van der Waals surface area contributed by atoms with E-state index in [0.717, 1.165) is 36.6 Å². The van der Waals surface area contributed by atoms with Crippen molar-refractivity contribution >= 4 is 41.7 Å². The highest BCUT2D eigenvalue weighted by molar-refractivity contribution is 6.30. The Morgan fingerprint density at radius 1 is 0.825 bits per heavy atom. The standard InChI is InChI=1S/C31H37ClN4O3.ClH/c1-33(2)18-23-36(31(38)39-24-26-6-4-3-5-7-26)29-14-10-27(11-15-29)30(37)35-21-19-34(20-22-35)17-16-25-8-12-28(32)13-9-25;/h3-15H,16-24H2,1-2H3;1H. The van der Waals surface area contributed by atoms with Crippen molar-refractivity contribution in [3.05, 3.63) is 101 Å². The molecule has 0 saturated carbocycles. The average Bonchev–Trinajstić information content (AvgIpc) is 2.96. The molecule has 0 radical (unpaired) electrons. The zero-order valence-corrected chi connectivity index (χ0v) is 24.7.